The number of nitrogens with zero attached hydrogens (tertiary/aromatic N) is 2. The predicted octanol–water partition coefficient (Wildman–Crippen LogP) is 3.20. The number of benzene rings is 2. The van der Waals surface area contributed by atoms with Crippen molar-refractivity contribution in [3.63, 3.8) is 0 Å². The first-order chi connectivity index (χ1) is 13.3. The Hall–Kier alpha value is -2.96. The minimum absolute atomic E-state index is 0.0427. The lowest BCUT2D eigenvalue weighted by molar-refractivity contribution is -0.130. The lowest BCUT2D eigenvalue weighted by atomic mass is 10.1. The Bertz CT molecular complexity index is 823. The van der Waals surface area contributed by atoms with E-state index in [1.807, 2.05) is 43.3 Å². The summed E-state index contributed by atoms with van der Waals surface area (Å²) >= 11 is 0. The fraction of sp³-hybridized carbons (Fsp3) is 0.333. The molecule has 2 amide bonds. The number of nitrogens with one attached hydrogen (secondary N) is 1. The topological polar surface area (TPSA) is 52.6 Å². The Morgan fingerprint density at radius 1 is 1.00 bits per heavy atom. The van der Waals surface area contributed by atoms with Crippen molar-refractivity contribution >= 4 is 17.5 Å². The number of amides is 2. The molecule has 0 fully saturated rings. The van der Waals surface area contributed by atoms with Crippen LogP contribution in [0.1, 0.15) is 28.8 Å². The average Bonchev–Trinajstić information content (AvgIpc) is 2.65. The smallest absolute Gasteiger partial charge is 0.254 e. The minimum Gasteiger partial charge on any atom is -0.378 e. The van der Waals surface area contributed by atoms with Gasteiger partial charge in [-0.3, -0.25) is 9.59 Å². The molecule has 2 aromatic rings. The molecule has 0 heterocycles. The Morgan fingerprint density at radius 3 is 2.29 bits per heavy atom. The highest BCUT2D eigenvalue weighted by molar-refractivity contribution is 5.94. The van der Waals surface area contributed by atoms with Gasteiger partial charge >= 0.3 is 0 Å². The number of carbonyl (C=O) groups excluding carboxylic acids is 2. The second-order valence-corrected chi connectivity index (χ2v) is 6.79. The Labute approximate surface area is 163 Å². The molecule has 0 radical (unpaired) electrons. The zero-order valence-electron chi connectivity index (χ0n) is 16.3. The van der Waals surface area contributed by atoms with Crippen LogP contribution in [-0.4, -0.2) is 44.4 Å². The number of carbonyl (C=O) groups is 2. The van der Waals surface area contributed by atoms with Crippen LogP contribution in [-0.2, 0) is 11.3 Å². The number of hydrogen-bond donors (Lipinski definition) is 1. The molecule has 0 saturated heterocycles. The van der Waals surface area contributed by atoms with Gasteiger partial charge in [-0.2, -0.15) is 0 Å². The third kappa shape index (κ3) is 6.04. The monoisotopic (exact) mass is 389 g/mol. The van der Waals surface area contributed by atoms with E-state index in [1.54, 1.807) is 11.9 Å². The SMILES string of the molecule is CN(Cc1ccc(N(C)C)cc1)C(=O)CCCNC(=O)c1ccc(F)cc1F. The first kappa shape index (κ1) is 21.3. The van der Waals surface area contributed by atoms with E-state index in [2.05, 4.69) is 5.32 Å². The molecule has 0 atom stereocenters. The molecule has 0 aromatic heterocycles. The van der Waals surface area contributed by atoms with Crippen LogP contribution in [0.25, 0.3) is 0 Å². The molecule has 0 bridgehead atoms. The summed E-state index contributed by atoms with van der Waals surface area (Å²) in [7, 11) is 5.66. The predicted molar refractivity (Wildman–Crippen MR) is 105 cm³/mol. The molecule has 0 aliphatic heterocycles. The second-order valence-electron chi connectivity index (χ2n) is 6.79. The highest BCUT2D eigenvalue weighted by Gasteiger charge is 2.13. The van der Waals surface area contributed by atoms with Gasteiger partial charge in [0.1, 0.15) is 11.6 Å². The number of hydrogen-bond acceptors (Lipinski definition) is 3. The summed E-state index contributed by atoms with van der Waals surface area (Å²) in [5.41, 5.74) is 1.90. The van der Waals surface area contributed by atoms with Crippen LogP contribution in [0.2, 0.25) is 0 Å². The summed E-state index contributed by atoms with van der Waals surface area (Å²) < 4.78 is 26.4. The molecule has 28 heavy (non-hydrogen) atoms. The molecule has 2 rings (SSSR count). The van der Waals surface area contributed by atoms with E-state index in [-0.39, 0.29) is 24.4 Å². The summed E-state index contributed by atoms with van der Waals surface area (Å²) in [6, 6.07) is 10.8. The number of rotatable bonds is 8. The van der Waals surface area contributed by atoms with Crippen molar-refractivity contribution in [1.82, 2.24) is 10.2 Å². The van der Waals surface area contributed by atoms with E-state index in [0.29, 0.717) is 19.0 Å². The molecular weight excluding hydrogens is 364 g/mol. The van der Waals surface area contributed by atoms with Crippen molar-refractivity contribution < 1.29 is 18.4 Å². The Morgan fingerprint density at radius 2 is 1.68 bits per heavy atom. The van der Waals surface area contributed by atoms with E-state index >= 15 is 0 Å². The van der Waals surface area contributed by atoms with E-state index < -0.39 is 17.5 Å². The molecular formula is C21H25F2N3O2. The zero-order chi connectivity index (χ0) is 20.7. The van der Waals surface area contributed by atoms with Gasteiger partial charge in [-0.05, 0) is 36.2 Å². The van der Waals surface area contributed by atoms with Crippen LogP contribution in [0.5, 0.6) is 0 Å². The summed E-state index contributed by atoms with van der Waals surface area (Å²) in [5.74, 6) is -2.31. The quantitative estimate of drug-likeness (QED) is 0.706. The van der Waals surface area contributed by atoms with E-state index in [1.165, 1.54) is 0 Å². The van der Waals surface area contributed by atoms with Gasteiger partial charge < -0.3 is 15.1 Å². The van der Waals surface area contributed by atoms with Crippen molar-refractivity contribution in [1.29, 1.82) is 0 Å². The lowest BCUT2D eigenvalue weighted by Crippen LogP contribution is -2.29. The van der Waals surface area contributed by atoms with Crippen molar-refractivity contribution in [2.75, 3.05) is 32.6 Å². The normalized spacial score (nSPS) is 10.5. The molecule has 7 heteroatoms. The van der Waals surface area contributed by atoms with Crippen LogP contribution >= 0.6 is 0 Å². The van der Waals surface area contributed by atoms with Crippen molar-refractivity contribution in [3.8, 4) is 0 Å². The van der Waals surface area contributed by atoms with Gasteiger partial charge in [0.05, 0.1) is 5.56 Å². The molecule has 0 saturated carbocycles. The molecule has 0 unspecified atom stereocenters. The standard InChI is InChI=1S/C21H25F2N3O2/c1-25(2)17-9-6-15(7-10-17)14-26(3)20(27)5-4-12-24-21(28)18-11-8-16(22)13-19(18)23/h6-11,13H,4-5,12,14H2,1-3H3,(H,24,28). The molecule has 150 valence electrons. The molecule has 0 aliphatic rings. The van der Waals surface area contributed by atoms with Gasteiger partial charge in [0.2, 0.25) is 5.91 Å². The first-order valence-corrected chi connectivity index (χ1v) is 9.01. The number of anilines is 1. The van der Waals surface area contributed by atoms with E-state index in [4.69, 9.17) is 0 Å². The fourth-order valence-corrected chi connectivity index (χ4v) is 2.66. The summed E-state index contributed by atoms with van der Waals surface area (Å²) in [6.45, 7) is 0.729. The molecule has 0 spiro atoms. The average molecular weight is 389 g/mol. The van der Waals surface area contributed by atoms with Crippen LogP contribution in [0.3, 0.4) is 0 Å². The van der Waals surface area contributed by atoms with Crippen LogP contribution < -0.4 is 10.2 Å². The maximum Gasteiger partial charge on any atom is 0.254 e. The maximum atomic E-state index is 13.6. The van der Waals surface area contributed by atoms with Gasteiger partial charge in [0.15, 0.2) is 0 Å². The van der Waals surface area contributed by atoms with Crippen molar-refractivity contribution in [2.45, 2.75) is 19.4 Å². The minimum atomic E-state index is -0.909. The highest BCUT2D eigenvalue weighted by Crippen LogP contribution is 2.14. The second kappa shape index (κ2) is 9.82. The van der Waals surface area contributed by atoms with Gasteiger partial charge in [0.25, 0.3) is 5.91 Å². The largest absolute Gasteiger partial charge is 0.378 e. The van der Waals surface area contributed by atoms with Crippen LogP contribution in [0.15, 0.2) is 42.5 Å². The Balaban J connectivity index is 1.74. The van der Waals surface area contributed by atoms with Gasteiger partial charge in [0, 0.05) is 52.4 Å². The highest BCUT2D eigenvalue weighted by atomic mass is 19.1. The van der Waals surface area contributed by atoms with Crippen molar-refractivity contribution in [2.24, 2.45) is 0 Å². The van der Waals surface area contributed by atoms with Gasteiger partial charge in [-0.1, -0.05) is 12.1 Å². The first-order valence-electron chi connectivity index (χ1n) is 9.01. The van der Waals surface area contributed by atoms with Crippen LogP contribution in [0.4, 0.5) is 14.5 Å². The summed E-state index contributed by atoms with van der Waals surface area (Å²) in [5, 5.41) is 2.54. The summed E-state index contributed by atoms with van der Waals surface area (Å²) in [6.07, 6.45) is 0.690. The molecule has 1 N–H and O–H groups in total. The molecule has 2 aromatic carbocycles. The summed E-state index contributed by atoms with van der Waals surface area (Å²) in [4.78, 5) is 27.8. The third-order valence-electron chi connectivity index (χ3n) is 4.33. The van der Waals surface area contributed by atoms with Gasteiger partial charge in [-0.15, -0.1) is 0 Å². The lowest BCUT2D eigenvalue weighted by Gasteiger charge is -2.18. The van der Waals surface area contributed by atoms with E-state index in [9.17, 15) is 18.4 Å². The zero-order valence-corrected chi connectivity index (χ0v) is 16.3. The van der Waals surface area contributed by atoms with Gasteiger partial charge in [-0.25, -0.2) is 8.78 Å². The molecule has 0 aliphatic carbocycles. The maximum absolute atomic E-state index is 13.6. The third-order valence-corrected chi connectivity index (χ3v) is 4.33. The fourth-order valence-electron chi connectivity index (χ4n) is 2.66. The van der Waals surface area contributed by atoms with E-state index in [0.717, 1.165) is 23.4 Å². The van der Waals surface area contributed by atoms with Crippen molar-refractivity contribution in [3.05, 3.63) is 65.2 Å². The number of halogens is 2. The molecule has 5 nitrogen and oxygen atoms in total. The van der Waals surface area contributed by atoms with Crippen LogP contribution in [0, 0.1) is 11.6 Å². The Kier molecular flexibility index (Phi) is 7.49.